The Kier molecular flexibility index (Phi) is 4.33. The number of hydrogen-bond donors (Lipinski definition) is 2. The van der Waals surface area contributed by atoms with Gasteiger partial charge in [-0.1, -0.05) is 0 Å². The highest BCUT2D eigenvalue weighted by molar-refractivity contribution is 7.98. The molecule has 1 aliphatic heterocycles. The monoisotopic (exact) mass is 360 g/mol. The zero-order valence-electron chi connectivity index (χ0n) is 12.7. The van der Waals surface area contributed by atoms with Gasteiger partial charge in [0.15, 0.2) is 0 Å². The number of rotatable bonds is 4. The van der Waals surface area contributed by atoms with Crippen molar-refractivity contribution in [1.29, 1.82) is 0 Å². The standard InChI is InChI=1S/C14H15F3N4O2S/c1-21-5-4-9(19-21)8-6-10(14(15,16)17)18-12(22)11(8)13(23)20-24-7-2-3-7/h4-5,7,10H,2-3,6H2,1H3,(H,18,22)(H,20,23). The van der Waals surface area contributed by atoms with Gasteiger partial charge in [0.25, 0.3) is 11.8 Å². The quantitative estimate of drug-likeness (QED) is 0.631. The molecule has 1 saturated carbocycles. The number of hydrogen-bond acceptors (Lipinski definition) is 4. The van der Waals surface area contributed by atoms with Gasteiger partial charge in [0.05, 0.1) is 5.69 Å². The normalized spacial score (nSPS) is 21.7. The summed E-state index contributed by atoms with van der Waals surface area (Å²) in [7, 11) is 1.61. The Labute approximate surface area is 140 Å². The highest BCUT2D eigenvalue weighted by atomic mass is 32.2. The Bertz CT molecular complexity index is 709. The average Bonchev–Trinajstić information content (AvgIpc) is 3.23. The van der Waals surface area contributed by atoms with E-state index in [1.807, 2.05) is 5.32 Å². The molecule has 0 bridgehead atoms. The lowest BCUT2D eigenvalue weighted by Crippen LogP contribution is -2.50. The lowest BCUT2D eigenvalue weighted by molar-refractivity contribution is -0.160. The number of aryl methyl sites for hydroxylation is 1. The zero-order valence-corrected chi connectivity index (χ0v) is 13.5. The fourth-order valence-corrected chi connectivity index (χ4v) is 3.09. The van der Waals surface area contributed by atoms with Crippen LogP contribution in [0.25, 0.3) is 5.57 Å². The van der Waals surface area contributed by atoms with E-state index in [9.17, 15) is 22.8 Å². The minimum absolute atomic E-state index is 0.00979. The smallest absolute Gasteiger partial charge is 0.340 e. The van der Waals surface area contributed by atoms with Crippen molar-refractivity contribution in [2.75, 3.05) is 0 Å². The molecule has 1 aliphatic carbocycles. The molecule has 10 heteroatoms. The Morgan fingerprint density at radius 2 is 2.17 bits per heavy atom. The molecule has 3 rings (SSSR count). The number of alkyl halides is 3. The van der Waals surface area contributed by atoms with Crippen molar-refractivity contribution in [1.82, 2.24) is 19.8 Å². The van der Waals surface area contributed by atoms with Gasteiger partial charge in [0.1, 0.15) is 11.6 Å². The lowest BCUT2D eigenvalue weighted by Gasteiger charge is -2.28. The first-order valence-electron chi connectivity index (χ1n) is 7.32. The fourth-order valence-electron chi connectivity index (χ4n) is 2.34. The van der Waals surface area contributed by atoms with Gasteiger partial charge in [-0.05, 0) is 30.9 Å². The number of carbonyl (C=O) groups is 2. The van der Waals surface area contributed by atoms with Crippen molar-refractivity contribution in [3.63, 3.8) is 0 Å². The number of halogens is 3. The second kappa shape index (κ2) is 6.15. The fraction of sp³-hybridized carbons (Fsp3) is 0.500. The van der Waals surface area contributed by atoms with E-state index in [0.717, 1.165) is 12.8 Å². The molecule has 130 valence electrons. The molecule has 0 saturated heterocycles. The third-order valence-corrected chi connectivity index (χ3v) is 4.84. The third kappa shape index (κ3) is 3.58. The van der Waals surface area contributed by atoms with Crippen molar-refractivity contribution >= 4 is 29.3 Å². The van der Waals surface area contributed by atoms with E-state index in [1.165, 1.54) is 22.7 Å². The van der Waals surface area contributed by atoms with Crippen LogP contribution in [0.1, 0.15) is 25.0 Å². The Balaban J connectivity index is 1.94. The van der Waals surface area contributed by atoms with Crippen LogP contribution in [0, 0.1) is 0 Å². The first-order chi connectivity index (χ1) is 11.3. The summed E-state index contributed by atoms with van der Waals surface area (Å²) in [5.41, 5.74) is -0.0962. The Morgan fingerprint density at radius 3 is 2.71 bits per heavy atom. The molecule has 1 aromatic rings. The molecule has 0 spiro atoms. The number of nitrogens with one attached hydrogen (secondary N) is 2. The van der Waals surface area contributed by atoms with Gasteiger partial charge in [0, 0.05) is 30.5 Å². The Morgan fingerprint density at radius 1 is 1.46 bits per heavy atom. The molecule has 2 amide bonds. The molecule has 2 N–H and O–H groups in total. The molecule has 2 heterocycles. The molecular formula is C14H15F3N4O2S. The van der Waals surface area contributed by atoms with E-state index in [4.69, 9.17) is 0 Å². The van der Waals surface area contributed by atoms with Crippen LogP contribution in [0.3, 0.4) is 0 Å². The summed E-state index contributed by atoms with van der Waals surface area (Å²) >= 11 is 1.19. The summed E-state index contributed by atoms with van der Waals surface area (Å²) in [5.74, 6) is -1.72. The zero-order chi connectivity index (χ0) is 17.5. The molecule has 2 aliphatic rings. The maximum atomic E-state index is 13.0. The molecule has 1 fully saturated rings. The van der Waals surface area contributed by atoms with E-state index >= 15 is 0 Å². The summed E-state index contributed by atoms with van der Waals surface area (Å²) in [6, 6.07) is -0.544. The summed E-state index contributed by atoms with van der Waals surface area (Å²) < 4.78 is 43.1. The average molecular weight is 360 g/mol. The van der Waals surface area contributed by atoms with Gasteiger partial charge in [-0.2, -0.15) is 18.3 Å². The highest BCUT2D eigenvalue weighted by Gasteiger charge is 2.46. The number of carbonyl (C=O) groups excluding carboxylic acids is 2. The molecule has 1 atom stereocenters. The van der Waals surface area contributed by atoms with Crippen LogP contribution in [0.5, 0.6) is 0 Å². The van der Waals surface area contributed by atoms with Crippen molar-refractivity contribution in [2.24, 2.45) is 7.05 Å². The van der Waals surface area contributed by atoms with Crippen LogP contribution in [0.15, 0.2) is 17.8 Å². The molecule has 24 heavy (non-hydrogen) atoms. The van der Waals surface area contributed by atoms with E-state index in [2.05, 4.69) is 9.82 Å². The first-order valence-corrected chi connectivity index (χ1v) is 8.20. The van der Waals surface area contributed by atoms with Crippen molar-refractivity contribution in [3.05, 3.63) is 23.5 Å². The van der Waals surface area contributed by atoms with Crippen LogP contribution < -0.4 is 10.0 Å². The lowest BCUT2D eigenvalue weighted by atomic mass is 9.92. The summed E-state index contributed by atoms with van der Waals surface area (Å²) in [6.07, 6.45) is -1.63. The first kappa shape index (κ1) is 16.9. The molecule has 0 aromatic carbocycles. The van der Waals surface area contributed by atoms with Gasteiger partial charge in [-0.15, -0.1) is 0 Å². The molecule has 1 aromatic heterocycles. The second-order valence-electron chi connectivity index (χ2n) is 5.75. The van der Waals surface area contributed by atoms with Crippen LogP contribution in [-0.2, 0) is 16.6 Å². The summed E-state index contributed by atoms with van der Waals surface area (Å²) in [6.45, 7) is 0. The van der Waals surface area contributed by atoms with Gasteiger partial charge in [0.2, 0.25) is 0 Å². The SMILES string of the molecule is Cn1ccc(C2=C(C(=O)NSC3CC3)C(=O)NC(C(F)(F)F)C2)n1. The van der Waals surface area contributed by atoms with E-state index < -0.39 is 30.5 Å². The van der Waals surface area contributed by atoms with Gasteiger partial charge >= 0.3 is 6.18 Å². The van der Waals surface area contributed by atoms with Gasteiger partial charge < -0.3 is 5.32 Å². The van der Waals surface area contributed by atoms with Crippen molar-refractivity contribution in [2.45, 2.75) is 36.7 Å². The highest BCUT2D eigenvalue weighted by Crippen LogP contribution is 2.35. The maximum Gasteiger partial charge on any atom is 0.408 e. The van der Waals surface area contributed by atoms with E-state index in [1.54, 1.807) is 13.2 Å². The van der Waals surface area contributed by atoms with E-state index in [0.29, 0.717) is 5.25 Å². The van der Waals surface area contributed by atoms with Crippen LogP contribution >= 0.6 is 11.9 Å². The second-order valence-corrected chi connectivity index (χ2v) is 6.85. The van der Waals surface area contributed by atoms with Gasteiger partial charge in [-0.25, -0.2) is 0 Å². The van der Waals surface area contributed by atoms with Crippen molar-refractivity contribution in [3.8, 4) is 0 Å². The summed E-state index contributed by atoms with van der Waals surface area (Å²) in [5, 5.41) is 6.23. The molecule has 0 radical (unpaired) electrons. The molecule has 6 nitrogen and oxygen atoms in total. The third-order valence-electron chi connectivity index (χ3n) is 3.73. The Hall–Kier alpha value is -1.97. The maximum absolute atomic E-state index is 13.0. The number of nitrogens with zero attached hydrogens (tertiary/aromatic N) is 2. The predicted octanol–water partition coefficient (Wildman–Crippen LogP) is 1.55. The van der Waals surface area contributed by atoms with E-state index in [-0.39, 0.29) is 16.8 Å². The molecule has 1 unspecified atom stereocenters. The van der Waals surface area contributed by atoms with Gasteiger partial charge in [-0.3, -0.25) is 19.0 Å². The number of aromatic nitrogens is 2. The largest absolute Gasteiger partial charge is 0.408 e. The minimum atomic E-state index is -4.60. The minimum Gasteiger partial charge on any atom is -0.340 e. The predicted molar refractivity (Wildman–Crippen MR) is 81.5 cm³/mol. The number of amides is 2. The van der Waals surface area contributed by atoms with Crippen LogP contribution in [0.2, 0.25) is 0 Å². The summed E-state index contributed by atoms with van der Waals surface area (Å²) in [4.78, 5) is 24.5. The molecular weight excluding hydrogens is 345 g/mol. The van der Waals surface area contributed by atoms with Crippen LogP contribution in [0.4, 0.5) is 13.2 Å². The van der Waals surface area contributed by atoms with Crippen LogP contribution in [-0.4, -0.2) is 39.1 Å². The topological polar surface area (TPSA) is 76.0 Å². The van der Waals surface area contributed by atoms with Crippen molar-refractivity contribution < 1.29 is 22.8 Å².